The van der Waals surface area contributed by atoms with Crippen molar-refractivity contribution < 1.29 is 21.9 Å². The molecule has 1 aromatic heterocycles. The lowest BCUT2D eigenvalue weighted by atomic mass is 10.0. The molecule has 4 aromatic rings. The van der Waals surface area contributed by atoms with E-state index in [0.717, 1.165) is 28.2 Å². The van der Waals surface area contributed by atoms with Gasteiger partial charge in [0, 0.05) is 25.3 Å². The number of rotatable bonds is 4. The number of hydrogen-bond donors (Lipinski definition) is 1. The van der Waals surface area contributed by atoms with Crippen LogP contribution in [-0.4, -0.2) is 31.6 Å². The monoisotopic (exact) mass is 449 g/mol. The van der Waals surface area contributed by atoms with Crippen molar-refractivity contribution in [2.45, 2.75) is 0 Å². The smallest absolute Gasteiger partial charge is 0.361 e. The first-order valence-corrected chi connectivity index (χ1v) is 11.1. The fourth-order valence-electron chi connectivity index (χ4n) is 3.11. The van der Waals surface area contributed by atoms with E-state index in [2.05, 4.69) is 79.7 Å². The third kappa shape index (κ3) is 6.75. The molecular formula is C25H23NO5S. The van der Waals surface area contributed by atoms with Crippen LogP contribution in [0.15, 0.2) is 101 Å². The van der Waals surface area contributed by atoms with Crippen molar-refractivity contribution >= 4 is 16.1 Å². The molecule has 0 atom stereocenters. The van der Waals surface area contributed by atoms with Gasteiger partial charge < -0.3 is 9.45 Å². The van der Waals surface area contributed by atoms with Gasteiger partial charge in [0.25, 0.3) is 0 Å². The van der Waals surface area contributed by atoms with Gasteiger partial charge >= 0.3 is 11.5 Å². The van der Waals surface area contributed by atoms with Gasteiger partial charge in [-0.25, -0.2) is 12.8 Å². The van der Waals surface area contributed by atoms with Gasteiger partial charge in [0.2, 0.25) is 10.4 Å². The van der Waals surface area contributed by atoms with Gasteiger partial charge in [-0.2, -0.15) is 0 Å². The van der Waals surface area contributed by atoms with Crippen molar-refractivity contribution in [1.82, 2.24) is 0 Å². The molecule has 0 saturated heterocycles. The van der Waals surface area contributed by atoms with E-state index >= 15 is 0 Å². The average molecular weight is 450 g/mol. The fraction of sp³-hybridized carbons (Fsp3) is 0.0800. The van der Waals surface area contributed by atoms with Gasteiger partial charge in [0.1, 0.15) is 0 Å². The molecule has 3 aromatic carbocycles. The standard InChI is InChI=1S/C25H22NO.H2O4S/c1-26(2)23-15-13-19(14-16-23)22-17-24(20-9-5-3-6-10-20)27-25(18-22)21-11-7-4-8-12-21;1-5(2,3)4/h3-18H,1-2H3;(H2,1,2,3,4)/q+1;/p-1. The quantitative estimate of drug-likeness (QED) is 0.247. The van der Waals surface area contributed by atoms with Crippen LogP contribution in [0.25, 0.3) is 33.8 Å². The van der Waals surface area contributed by atoms with Crippen LogP contribution >= 0.6 is 0 Å². The lowest BCUT2D eigenvalue weighted by Gasteiger charge is -2.12. The van der Waals surface area contributed by atoms with Crippen LogP contribution in [0, 0.1) is 0 Å². The lowest BCUT2D eigenvalue weighted by molar-refractivity contribution is 0.366. The number of nitrogens with zero attached hydrogens (tertiary/aromatic N) is 1. The van der Waals surface area contributed by atoms with E-state index < -0.39 is 10.4 Å². The molecule has 0 bridgehead atoms. The molecule has 0 aliphatic heterocycles. The SMILES string of the molecule is CN(C)c1ccc(-c2cc(-c3ccccc3)[o+]c(-c3ccccc3)c2)cc1.O=S(=O)([O-])O. The Morgan fingerprint density at radius 3 is 1.47 bits per heavy atom. The van der Waals surface area contributed by atoms with Crippen LogP contribution in [0.2, 0.25) is 0 Å². The van der Waals surface area contributed by atoms with Crippen molar-refractivity contribution in [2.24, 2.45) is 0 Å². The van der Waals surface area contributed by atoms with Crippen LogP contribution in [-0.2, 0) is 10.4 Å². The van der Waals surface area contributed by atoms with Gasteiger partial charge in [-0.1, -0.05) is 48.5 Å². The Morgan fingerprint density at radius 1 is 0.688 bits per heavy atom. The van der Waals surface area contributed by atoms with Gasteiger partial charge in [0.05, 0.1) is 23.3 Å². The lowest BCUT2D eigenvalue weighted by Crippen LogP contribution is -2.07. The molecule has 6 nitrogen and oxygen atoms in total. The maximum absolute atomic E-state index is 8.63. The minimum Gasteiger partial charge on any atom is -0.726 e. The van der Waals surface area contributed by atoms with E-state index in [1.807, 2.05) is 36.4 Å². The molecule has 4 rings (SSSR count). The number of anilines is 1. The van der Waals surface area contributed by atoms with Crippen molar-refractivity contribution in [1.29, 1.82) is 0 Å². The van der Waals surface area contributed by atoms with Crippen LogP contribution in [0.4, 0.5) is 5.69 Å². The first kappa shape index (κ1) is 23.1. The minimum atomic E-state index is -4.92. The largest absolute Gasteiger partial charge is 0.726 e. The highest BCUT2D eigenvalue weighted by atomic mass is 32.3. The van der Waals surface area contributed by atoms with Crippen LogP contribution in [0.3, 0.4) is 0 Å². The van der Waals surface area contributed by atoms with Gasteiger partial charge in [-0.05, 0) is 42.0 Å². The van der Waals surface area contributed by atoms with E-state index in [1.165, 1.54) is 11.3 Å². The molecule has 32 heavy (non-hydrogen) atoms. The Balaban J connectivity index is 0.000000523. The Morgan fingerprint density at radius 2 is 1.09 bits per heavy atom. The second-order valence-corrected chi connectivity index (χ2v) is 8.03. The molecule has 0 saturated carbocycles. The van der Waals surface area contributed by atoms with Gasteiger partial charge in [-0.3, -0.25) is 4.55 Å². The normalized spacial score (nSPS) is 10.8. The van der Waals surface area contributed by atoms with E-state index in [1.54, 1.807) is 0 Å². The summed E-state index contributed by atoms with van der Waals surface area (Å²) in [5.41, 5.74) is 5.64. The highest BCUT2D eigenvalue weighted by molar-refractivity contribution is 7.79. The summed E-state index contributed by atoms with van der Waals surface area (Å²) in [6, 6.07) is 33.3. The van der Waals surface area contributed by atoms with Gasteiger partial charge in [-0.15, -0.1) is 0 Å². The molecular weight excluding hydrogens is 426 g/mol. The summed E-state index contributed by atoms with van der Waals surface area (Å²) in [6.07, 6.45) is 0. The molecule has 164 valence electrons. The zero-order valence-corrected chi connectivity index (χ0v) is 18.5. The van der Waals surface area contributed by atoms with Gasteiger partial charge in [0.15, 0.2) is 0 Å². The summed E-state index contributed by atoms with van der Waals surface area (Å²) >= 11 is 0. The van der Waals surface area contributed by atoms with E-state index in [9.17, 15) is 0 Å². The first-order valence-electron chi connectivity index (χ1n) is 9.76. The average Bonchev–Trinajstić information content (AvgIpc) is 2.79. The van der Waals surface area contributed by atoms with E-state index in [4.69, 9.17) is 21.9 Å². The molecule has 7 heteroatoms. The number of hydrogen-bond acceptors (Lipinski definition) is 4. The molecule has 0 radical (unpaired) electrons. The molecule has 0 fully saturated rings. The van der Waals surface area contributed by atoms with Crippen molar-refractivity contribution in [3.8, 4) is 33.8 Å². The summed E-state index contributed by atoms with van der Waals surface area (Å²) in [4.78, 5) is 2.11. The van der Waals surface area contributed by atoms with E-state index in [-0.39, 0.29) is 0 Å². The van der Waals surface area contributed by atoms with E-state index in [0.29, 0.717) is 0 Å². The predicted molar refractivity (Wildman–Crippen MR) is 126 cm³/mol. The van der Waals surface area contributed by atoms with Crippen molar-refractivity contribution in [3.05, 3.63) is 97.1 Å². The summed E-state index contributed by atoms with van der Waals surface area (Å²) in [7, 11) is -0.811. The zero-order valence-electron chi connectivity index (χ0n) is 17.7. The third-order valence-corrected chi connectivity index (χ3v) is 4.63. The maximum atomic E-state index is 8.63. The summed E-state index contributed by atoms with van der Waals surface area (Å²) in [6.45, 7) is 0. The molecule has 1 heterocycles. The highest BCUT2D eigenvalue weighted by Gasteiger charge is 2.20. The Kier molecular flexibility index (Phi) is 7.37. The predicted octanol–water partition coefficient (Wildman–Crippen LogP) is 5.63. The highest BCUT2D eigenvalue weighted by Crippen LogP contribution is 2.33. The molecule has 1 N–H and O–H groups in total. The van der Waals surface area contributed by atoms with Crippen LogP contribution in [0.5, 0.6) is 0 Å². The fourth-order valence-corrected chi connectivity index (χ4v) is 3.11. The Labute approximate surface area is 188 Å². The Hall–Kier alpha value is -3.52. The second-order valence-electron chi connectivity index (χ2n) is 7.18. The topological polar surface area (TPSA) is 92.0 Å². The molecule has 0 aliphatic carbocycles. The van der Waals surface area contributed by atoms with Crippen LogP contribution < -0.4 is 4.90 Å². The summed E-state index contributed by atoms with van der Waals surface area (Å²) in [5, 5.41) is 0. The minimum absolute atomic E-state index is 0.864. The first-order chi connectivity index (χ1) is 15.2. The summed E-state index contributed by atoms with van der Waals surface area (Å²) < 4.78 is 39.1. The molecule has 0 unspecified atom stereocenters. The second kappa shape index (κ2) is 10.2. The molecule has 0 spiro atoms. The third-order valence-electron chi connectivity index (χ3n) is 4.63. The maximum Gasteiger partial charge on any atom is 0.361 e. The summed E-state index contributed by atoms with van der Waals surface area (Å²) in [5.74, 6) is 1.73. The molecule has 0 aliphatic rings. The molecule has 0 amide bonds. The number of benzene rings is 3. The Bertz CT molecular complexity index is 1190. The van der Waals surface area contributed by atoms with Crippen LogP contribution in [0.1, 0.15) is 0 Å². The van der Waals surface area contributed by atoms with Crippen molar-refractivity contribution in [3.63, 3.8) is 0 Å². The van der Waals surface area contributed by atoms with Crippen molar-refractivity contribution in [2.75, 3.05) is 19.0 Å². The zero-order chi connectivity index (χ0) is 23.1.